The van der Waals surface area contributed by atoms with Gasteiger partial charge in [-0.3, -0.25) is 24.0 Å². The van der Waals surface area contributed by atoms with Crippen LogP contribution in [-0.2, 0) is 52.4 Å². The Balaban J connectivity index is 0.000000359. The van der Waals surface area contributed by atoms with Crippen molar-refractivity contribution in [2.45, 2.75) is 282 Å². The second-order valence-electron chi connectivity index (χ2n) is 28.0. The molecular weight excluding hydrogens is 1030 g/mol. The van der Waals surface area contributed by atoms with Gasteiger partial charge in [0.25, 0.3) is 0 Å². The van der Waals surface area contributed by atoms with Gasteiger partial charge in [-0.1, -0.05) is 48.5 Å². The van der Waals surface area contributed by atoms with Gasteiger partial charge >= 0.3 is 47.7 Å². The van der Waals surface area contributed by atoms with Crippen LogP contribution in [0.4, 0.5) is 22.0 Å². The Kier molecular flexibility index (Phi) is 22.5. The average molecular weight is 1130 g/mol. The van der Waals surface area contributed by atoms with E-state index in [1.165, 1.54) is 13.8 Å². The summed E-state index contributed by atoms with van der Waals surface area (Å²) in [6.45, 7) is 39.0. The molecule has 78 heavy (non-hydrogen) atoms. The van der Waals surface area contributed by atoms with Crippen molar-refractivity contribution in [3.8, 4) is 0 Å². The third-order valence-electron chi connectivity index (χ3n) is 18.0. The van der Waals surface area contributed by atoms with Crippen LogP contribution in [0.5, 0.6) is 0 Å². The summed E-state index contributed by atoms with van der Waals surface area (Å²) >= 11 is 0. The first-order valence-corrected chi connectivity index (χ1v) is 28.1. The number of rotatable bonds is 14. The fourth-order valence-corrected chi connectivity index (χ4v) is 10.4. The third kappa shape index (κ3) is 16.3. The monoisotopic (exact) mass is 1130 g/mol. The van der Waals surface area contributed by atoms with Gasteiger partial charge < -0.3 is 43.7 Å². The second kappa shape index (κ2) is 24.7. The number of esters is 5. The standard InChI is InChI=1S/C20H36O3.C15H28O3.C12H17F5O4.C12H20O4/c1-9-19(5,6)17(21)23-14-11-12-10-13(14)16(18(2,3)4)15(12)20(7,8)22;1-6-14(2,3)13(16)18-12-9-7-11(8-10-12)15(4,5)17;1-5-8(2,3)7(18)21-9(4)6-20-11(19,10(9,13)14)12(15,16)17;1-6-11(3,4)10(14)16-12(5)7-9(13)15-8(12)2/h12-16,22H,9-11H2,1-8H3;11-12,17H,6-10H2,1-5H3;19H,5-6H2,1-4H3;8H,6-7H2,1-5H3/t12-,13+,14+,15-,16+;;;/m1.../s1. The van der Waals surface area contributed by atoms with Crippen molar-refractivity contribution < 1.29 is 89.7 Å². The van der Waals surface area contributed by atoms with E-state index in [1.54, 1.807) is 20.8 Å². The molecule has 2 heterocycles. The molecule has 5 aliphatic rings. The summed E-state index contributed by atoms with van der Waals surface area (Å²) in [4.78, 5) is 59.4. The summed E-state index contributed by atoms with van der Waals surface area (Å²) in [5.74, 6) is -9.51. The number of fused-ring (bicyclic) bond motifs is 2. The topological polar surface area (TPSA) is 201 Å². The largest absolute Gasteiger partial charge is 0.462 e. The Labute approximate surface area is 463 Å². The highest BCUT2D eigenvalue weighted by Gasteiger charge is 2.83. The molecule has 3 aliphatic carbocycles. The summed E-state index contributed by atoms with van der Waals surface area (Å²) in [5, 5.41) is 29.8. The van der Waals surface area contributed by atoms with E-state index in [4.69, 9.17) is 18.9 Å². The van der Waals surface area contributed by atoms with E-state index in [0.717, 1.165) is 51.4 Å². The predicted molar refractivity (Wildman–Crippen MR) is 284 cm³/mol. The van der Waals surface area contributed by atoms with E-state index in [-0.39, 0.29) is 65.9 Å². The Morgan fingerprint density at radius 2 is 1.05 bits per heavy atom. The van der Waals surface area contributed by atoms with Gasteiger partial charge in [0.1, 0.15) is 18.3 Å². The Morgan fingerprint density at radius 3 is 1.41 bits per heavy atom. The average Bonchev–Trinajstić information content (AvgIpc) is 4.01. The van der Waals surface area contributed by atoms with E-state index < -0.39 is 69.1 Å². The number of hydrogen-bond donors (Lipinski definition) is 3. The zero-order valence-corrected chi connectivity index (χ0v) is 51.3. The summed E-state index contributed by atoms with van der Waals surface area (Å²) in [7, 11) is 0. The van der Waals surface area contributed by atoms with Gasteiger partial charge in [-0.25, -0.2) is 0 Å². The summed E-state index contributed by atoms with van der Waals surface area (Å²) in [6, 6.07) is 0. The molecular formula is C59H101F5O14. The fraction of sp³-hybridized carbons (Fsp3) is 0.915. The molecule has 2 aliphatic heterocycles. The lowest BCUT2D eigenvalue weighted by Gasteiger charge is -2.47. The lowest BCUT2D eigenvalue weighted by Crippen LogP contribution is -2.63. The normalized spacial score (nSPS) is 31.3. The first kappa shape index (κ1) is 70.9. The molecule has 19 heteroatoms. The summed E-state index contributed by atoms with van der Waals surface area (Å²) in [6.07, 6.45) is 2.25. The molecule has 3 saturated carbocycles. The molecule has 5 rings (SSSR count). The molecule has 4 unspecified atom stereocenters. The highest BCUT2D eigenvalue weighted by Crippen LogP contribution is 2.62. The quantitative estimate of drug-likeness (QED) is 0.0842. The SMILES string of the molecule is CCC(C)(C)C(=O)OC1(C)CC(=O)OC1C.CCC(C)(C)C(=O)OC1(C)COC(O)(C(F)(F)F)C1(F)F.CCC(C)(C)C(=O)OC1CCC(C(C)(C)O)CC1.CCC(C)(C)C(=O)O[C@H]1C[C@H]2C[C@@H]1[C@H](C(C)(C)C)[C@@H]2C(C)(C)O. The van der Waals surface area contributed by atoms with Crippen LogP contribution in [0.2, 0.25) is 0 Å². The molecule has 0 aromatic rings. The van der Waals surface area contributed by atoms with Gasteiger partial charge in [0.05, 0.1) is 45.9 Å². The molecule has 0 aromatic heterocycles. The molecule has 9 atom stereocenters. The van der Waals surface area contributed by atoms with Crippen LogP contribution < -0.4 is 0 Å². The Bertz CT molecular complexity index is 2060. The van der Waals surface area contributed by atoms with E-state index in [1.807, 2.05) is 90.0 Å². The van der Waals surface area contributed by atoms with Crippen molar-refractivity contribution in [1.29, 1.82) is 0 Å². The van der Waals surface area contributed by atoms with Crippen molar-refractivity contribution >= 4 is 29.8 Å². The zero-order valence-electron chi connectivity index (χ0n) is 51.3. The van der Waals surface area contributed by atoms with Gasteiger partial charge in [0, 0.05) is 0 Å². The number of ether oxygens (including phenoxy) is 6. The highest BCUT2D eigenvalue weighted by atomic mass is 19.4. The molecule has 0 radical (unpaired) electrons. The number of carbonyl (C=O) groups is 5. The van der Waals surface area contributed by atoms with Gasteiger partial charge in [-0.05, 0) is 203 Å². The van der Waals surface area contributed by atoms with Crippen LogP contribution in [0, 0.1) is 56.7 Å². The lowest BCUT2D eigenvalue weighted by atomic mass is 9.61. The van der Waals surface area contributed by atoms with Gasteiger partial charge in [-0.2, -0.15) is 22.0 Å². The molecule has 0 aromatic carbocycles. The molecule has 5 fully saturated rings. The maximum atomic E-state index is 14.0. The van der Waals surface area contributed by atoms with Crippen molar-refractivity contribution in [3.05, 3.63) is 0 Å². The first-order valence-electron chi connectivity index (χ1n) is 28.1. The molecule has 14 nitrogen and oxygen atoms in total. The Hall–Kier alpha value is -3.16. The van der Waals surface area contributed by atoms with Crippen LogP contribution in [0.25, 0.3) is 0 Å². The Morgan fingerprint density at radius 1 is 0.628 bits per heavy atom. The maximum Gasteiger partial charge on any atom is 0.449 e. The van der Waals surface area contributed by atoms with Crippen molar-refractivity contribution in [1.82, 2.24) is 0 Å². The van der Waals surface area contributed by atoms with Crippen LogP contribution in [-0.4, -0.2) is 110 Å². The van der Waals surface area contributed by atoms with E-state index in [2.05, 4.69) is 30.2 Å². The minimum Gasteiger partial charge on any atom is -0.462 e. The minimum atomic E-state index is -5.74. The van der Waals surface area contributed by atoms with E-state index >= 15 is 0 Å². The lowest BCUT2D eigenvalue weighted by molar-refractivity contribution is -0.409. The van der Waals surface area contributed by atoms with Crippen LogP contribution >= 0.6 is 0 Å². The number of hydrogen-bond acceptors (Lipinski definition) is 14. The third-order valence-corrected chi connectivity index (χ3v) is 18.0. The highest BCUT2D eigenvalue weighted by molar-refractivity contribution is 5.79. The van der Waals surface area contributed by atoms with Crippen LogP contribution in [0.3, 0.4) is 0 Å². The fourth-order valence-electron chi connectivity index (χ4n) is 10.4. The maximum absolute atomic E-state index is 14.0. The van der Waals surface area contributed by atoms with E-state index in [9.17, 15) is 61.2 Å². The van der Waals surface area contributed by atoms with Crippen LogP contribution in [0.1, 0.15) is 223 Å². The van der Waals surface area contributed by atoms with Gasteiger partial charge in [0.15, 0.2) is 5.60 Å². The molecule has 2 saturated heterocycles. The predicted octanol–water partition coefficient (Wildman–Crippen LogP) is 12.4. The van der Waals surface area contributed by atoms with Crippen molar-refractivity contribution in [2.75, 3.05) is 6.61 Å². The minimum absolute atomic E-state index is 0.0288. The second-order valence-corrected chi connectivity index (χ2v) is 28.0. The van der Waals surface area contributed by atoms with Gasteiger partial charge in [-0.15, -0.1) is 0 Å². The van der Waals surface area contributed by atoms with Crippen LogP contribution in [0.15, 0.2) is 0 Å². The van der Waals surface area contributed by atoms with E-state index in [0.29, 0.717) is 42.9 Å². The molecule has 0 amide bonds. The smallest absolute Gasteiger partial charge is 0.449 e. The number of carbonyl (C=O) groups excluding carboxylic acids is 5. The van der Waals surface area contributed by atoms with Crippen molar-refractivity contribution in [3.63, 3.8) is 0 Å². The number of aliphatic hydroxyl groups is 3. The summed E-state index contributed by atoms with van der Waals surface area (Å²) < 4.78 is 96.4. The first-order chi connectivity index (χ1) is 34.8. The van der Waals surface area contributed by atoms with Gasteiger partial charge in [0.2, 0.25) is 5.60 Å². The summed E-state index contributed by atoms with van der Waals surface area (Å²) in [5.41, 5.74) is -7.38. The van der Waals surface area contributed by atoms with Crippen molar-refractivity contribution in [2.24, 2.45) is 56.7 Å². The number of alkyl halides is 5. The molecule has 456 valence electrons. The number of halogens is 5. The zero-order chi connectivity index (χ0) is 61.2. The number of cyclic esters (lactones) is 1. The molecule has 0 spiro atoms. The molecule has 2 bridgehead atoms. The molecule has 3 N–H and O–H groups in total.